The summed E-state index contributed by atoms with van der Waals surface area (Å²) in [5, 5.41) is 14.6. The van der Waals surface area contributed by atoms with Crippen LogP contribution in [-0.2, 0) is 0 Å². The highest BCUT2D eigenvalue weighted by molar-refractivity contribution is 5.48. The van der Waals surface area contributed by atoms with Gasteiger partial charge in [-0.3, -0.25) is 0 Å². The van der Waals surface area contributed by atoms with E-state index >= 15 is 0 Å². The second-order valence-corrected chi connectivity index (χ2v) is 6.46. The highest BCUT2D eigenvalue weighted by Gasteiger charge is 2.26. The quantitative estimate of drug-likeness (QED) is 0.741. The fraction of sp³-hybridized carbons (Fsp3) is 0.400. The van der Waals surface area contributed by atoms with Crippen LogP contribution in [0.2, 0.25) is 0 Å². The molecule has 0 spiro atoms. The van der Waals surface area contributed by atoms with Crippen molar-refractivity contribution >= 4 is 0 Å². The molecule has 4 rings (SSSR count). The van der Waals surface area contributed by atoms with E-state index in [9.17, 15) is 5.11 Å². The first-order valence-corrected chi connectivity index (χ1v) is 8.97. The lowest BCUT2D eigenvalue weighted by atomic mass is 9.95. The maximum absolute atomic E-state index is 11.1. The molecule has 138 valence electrons. The topological polar surface area (TPSA) is 69.2 Å². The zero-order valence-corrected chi connectivity index (χ0v) is 14.7. The SMILES string of the molecule is CCCCN[C@H](c1ccc2c(c1)OCO2)[C@H](O)c1ccc2c(c1)OCO2. The minimum atomic E-state index is -0.735. The molecule has 0 aromatic heterocycles. The molecule has 2 heterocycles. The summed E-state index contributed by atoms with van der Waals surface area (Å²) >= 11 is 0. The van der Waals surface area contributed by atoms with Gasteiger partial charge in [-0.05, 0) is 48.4 Å². The van der Waals surface area contributed by atoms with Crippen LogP contribution in [0.4, 0.5) is 0 Å². The molecule has 0 saturated carbocycles. The van der Waals surface area contributed by atoms with E-state index in [-0.39, 0.29) is 19.6 Å². The Bertz CT molecular complexity index is 779. The number of fused-ring (bicyclic) bond motifs is 2. The molecule has 2 N–H and O–H groups in total. The number of aliphatic hydroxyl groups is 1. The van der Waals surface area contributed by atoms with E-state index in [0.29, 0.717) is 17.2 Å². The van der Waals surface area contributed by atoms with E-state index in [1.165, 1.54) is 0 Å². The van der Waals surface area contributed by atoms with Gasteiger partial charge in [0.1, 0.15) is 0 Å². The zero-order valence-electron chi connectivity index (χ0n) is 14.7. The molecule has 0 fully saturated rings. The van der Waals surface area contributed by atoms with E-state index in [0.717, 1.165) is 36.3 Å². The molecule has 6 heteroatoms. The highest BCUT2D eigenvalue weighted by Crippen LogP contribution is 2.40. The van der Waals surface area contributed by atoms with Gasteiger partial charge in [-0.2, -0.15) is 0 Å². The van der Waals surface area contributed by atoms with Crippen LogP contribution in [0, 0.1) is 0 Å². The van der Waals surface area contributed by atoms with Crippen molar-refractivity contribution in [2.24, 2.45) is 0 Å². The summed E-state index contributed by atoms with van der Waals surface area (Å²) in [5.41, 5.74) is 1.73. The van der Waals surface area contributed by atoms with Crippen molar-refractivity contribution in [2.75, 3.05) is 20.1 Å². The fourth-order valence-electron chi connectivity index (χ4n) is 3.24. The summed E-state index contributed by atoms with van der Waals surface area (Å²) in [6.07, 6.45) is 1.39. The van der Waals surface area contributed by atoms with Crippen molar-refractivity contribution in [3.05, 3.63) is 47.5 Å². The second-order valence-electron chi connectivity index (χ2n) is 6.46. The predicted octanol–water partition coefficient (Wildman–Crippen LogP) is 3.31. The van der Waals surface area contributed by atoms with Crippen LogP contribution in [0.5, 0.6) is 23.0 Å². The van der Waals surface area contributed by atoms with Crippen molar-refractivity contribution in [2.45, 2.75) is 31.9 Å². The molecule has 0 radical (unpaired) electrons. The Balaban J connectivity index is 1.61. The van der Waals surface area contributed by atoms with Crippen LogP contribution in [0.1, 0.15) is 43.0 Å². The van der Waals surface area contributed by atoms with Crippen molar-refractivity contribution in [3.63, 3.8) is 0 Å². The molecule has 2 aromatic rings. The number of benzene rings is 2. The molecule has 26 heavy (non-hydrogen) atoms. The molecule has 0 amide bonds. The van der Waals surface area contributed by atoms with Crippen molar-refractivity contribution in [1.82, 2.24) is 5.32 Å². The number of hydrogen-bond acceptors (Lipinski definition) is 6. The number of unbranched alkanes of at least 4 members (excludes halogenated alkanes) is 1. The first-order chi connectivity index (χ1) is 12.8. The van der Waals surface area contributed by atoms with Crippen LogP contribution in [0.3, 0.4) is 0 Å². The molecule has 0 bridgehead atoms. The molecule has 0 aliphatic carbocycles. The van der Waals surface area contributed by atoms with E-state index in [2.05, 4.69) is 12.2 Å². The van der Waals surface area contributed by atoms with Gasteiger partial charge < -0.3 is 29.4 Å². The number of ether oxygens (including phenoxy) is 4. The fourth-order valence-corrected chi connectivity index (χ4v) is 3.24. The summed E-state index contributed by atoms with van der Waals surface area (Å²) in [4.78, 5) is 0. The first-order valence-electron chi connectivity index (χ1n) is 8.97. The number of aliphatic hydroxyl groups excluding tert-OH is 1. The zero-order chi connectivity index (χ0) is 17.9. The lowest BCUT2D eigenvalue weighted by Gasteiger charge is -2.25. The third kappa shape index (κ3) is 3.30. The smallest absolute Gasteiger partial charge is 0.231 e. The average Bonchev–Trinajstić information content (AvgIpc) is 3.32. The summed E-state index contributed by atoms with van der Waals surface area (Å²) in [5.74, 6) is 2.82. The Morgan fingerprint density at radius 1 is 0.885 bits per heavy atom. The van der Waals surface area contributed by atoms with E-state index in [1.54, 1.807) is 0 Å². The summed E-state index contributed by atoms with van der Waals surface area (Å²) in [7, 11) is 0. The molecular weight excluding hydrogens is 334 g/mol. The average molecular weight is 357 g/mol. The van der Waals surface area contributed by atoms with Gasteiger partial charge in [0.2, 0.25) is 13.6 Å². The maximum atomic E-state index is 11.1. The molecule has 0 unspecified atom stereocenters. The van der Waals surface area contributed by atoms with Gasteiger partial charge in [0.05, 0.1) is 12.1 Å². The van der Waals surface area contributed by atoms with Crippen LogP contribution in [0.15, 0.2) is 36.4 Å². The van der Waals surface area contributed by atoms with Crippen molar-refractivity contribution in [3.8, 4) is 23.0 Å². The van der Waals surface area contributed by atoms with Gasteiger partial charge in [0.25, 0.3) is 0 Å². The summed E-state index contributed by atoms with van der Waals surface area (Å²) in [6.45, 7) is 3.41. The van der Waals surface area contributed by atoms with Crippen LogP contribution in [-0.4, -0.2) is 25.2 Å². The summed E-state index contributed by atoms with van der Waals surface area (Å²) in [6, 6.07) is 11.1. The maximum Gasteiger partial charge on any atom is 0.231 e. The first kappa shape index (κ1) is 17.0. The van der Waals surface area contributed by atoms with E-state index < -0.39 is 6.10 Å². The number of nitrogens with one attached hydrogen (secondary N) is 1. The second kappa shape index (κ2) is 7.43. The van der Waals surface area contributed by atoms with Gasteiger partial charge in [-0.25, -0.2) is 0 Å². The highest BCUT2D eigenvalue weighted by atomic mass is 16.7. The normalized spacial score (nSPS) is 16.5. The molecule has 6 nitrogen and oxygen atoms in total. The number of hydrogen-bond donors (Lipinski definition) is 2. The molecule has 0 saturated heterocycles. The summed E-state index contributed by atoms with van der Waals surface area (Å²) < 4.78 is 21.7. The Morgan fingerprint density at radius 3 is 2.12 bits per heavy atom. The lowest BCUT2D eigenvalue weighted by molar-refractivity contribution is 0.128. The minimum absolute atomic E-state index is 0.217. The lowest BCUT2D eigenvalue weighted by Crippen LogP contribution is -2.28. The Kier molecular flexibility index (Phi) is 4.86. The van der Waals surface area contributed by atoms with Crippen LogP contribution < -0.4 is 24.3 Å². The van der Waals surface area contributed by atoms with Crippen LogP contribution in [0.25, 0.3) is 0 Å². The van der Waals surface area contributed by atoms with Gasteiger partial charge in [0.15, 0.2) is 23.0 Å². The largest absolute Gasteiger partial charge is 0.454 e. The minimum Gasteiger partial charge on any atom is -0.454 e. The molecular formula is C20H23NO5. The van der Waals surface area contributed by atoms with Gasteiger partial charge in [0, 0.05) is 0 Å². The molecule has 2 atom stereocenters. The van der Waals surface area contributed by atoms with Crippen molar-refractivity contribution in [1.29, 1.82) is 0 Å². The predicted molar refractivity (Wildman–Crippen MR) is 95.7 cm³/mol. The van der Waals surface area contributed by atoms with Gasteiger partial charge in [-0.15, -0.1) is 0 Å². The standard InChI is InChI=1S/C20H23NO5/c1-2-3-8-21-19(13-4-6-15-17(9-13)25-11-23-15)20(22)14-5-7-16-18(10-14)26-12-24-16/h4-7,9-10,19-22H,2-3,8,11-12H2,1H3/t19-,20-/m1/s1. The van der Waals surface area contributed by atoms with Crippen molar-refractivity contribution < 1.29 is 24.1 Å². The van der Waals surface area contributed by atoms with Crippen LogP contribution >= 0.6 is 0 Å². The molecule has 2 aromatic carbocycles. The molecule has 2 aliphatic rings. The third-order valence-electron chi connectivity index (χ3n) is 4.70. The Morgan fingerprint density at radius 2 is 1.46 bits per heavy atom. The van der Waals surface area contributed by atoms with Gasteiger partial charge >= 0.3 is 0 Å². The third-order valence-corrected chi connectivity index (χ3v) is 4.70. The number of rotatable bonds is 7. The Labute approximate surface area is 152 Å². The monoisotopic (exact) mass is 357 g/mol. The van der Waals surface area contributed by atoms with E-state index in [1.807, 2.05) is 36.4 Å². The molecule has 2 aliphatic heterocycles. The Hall–Kier alpha value is -2.44. The van der Waals surface area contributed by atoms with E-state index in [4.69, 9.17) is 18.9 Å². The van der Waals surface area contributed by atoms with Gasteiger partial charge in [-0.1, -0.05) is 25.5 Å².